The van der Waals surface area contributed by atoms with Gasteiger partial charge in [0.2, 0.25) is 0 Å². The van der Waals surface area contributed by atoms with Crippen LogP contribution in [0.4, 0.5) is 8.78 Å². The summed E-state index contributed by atoms with van der Waals surface area (Å²) in [6, 6.07) is 3.30. The maximum Gasteiger partial charge on any atom is 0.191 e. The van der Waals surface area contributed by atoms with Gasteiger partial charge < -0.3 is 15.2 Å². The molecule has 0 fully saturated rings. The van der Waals surface area contributed by atoms with Gasteiger partial charge in [-0.2, -0.15) is 0 Å². The number of hydrogen-bond donors (Lipinski definition) is 2. The van der Waals surface area contributed by atoms with E-state index in [2.05, 4.69) is 30.4 Å². The molecule has 0 bridgehead atoms. The Balaban J connectivity index is 1.65. The van der Waals surface area contributed by atoms with Crippen LogP contribution in [0.15, 0.2) is 23.2 Å². The fourth-order valence-electron chi connectivity index (χ4n) is 3.35. The average Bonchev–Trinajstić information content (AvgIpc) is 3.00. The molecule has 0 saturated heterocycles. The van der Waals surface area contributed by atoms with E-state index in [1.54, 1.807) is 0 Å². The maximum atomic E-state index is 14.0. The van der Waals surface area contributed by atoms with Crippen LogP contribution >= 0.6 is 0 Å². The van der Waals surface area contributed by atoms with Gasteiger partial charge in [0, 0.05) is 37.7 Å². The van der Waals surface area contributed by atoms with E-state index in [0.29, 0.717) is 30.5 Å². The predicted molar refractivity (Wildman–Crippen MR) is 100 cm³/mol. The summed E-state index contributed by atoms with van der Waals surface area (Å²) in [5, 5.41) is 14.7. The normalized spacial score (nSPS) is 18.1. The molecular weight excluding hydrogens is 350 g/mol. The second-order valence-electron chi connectivity index (χ2n) is 6.93. The number of rotatable bonds is 5. The number of guanidine groups is 1. The number of benzene rings is 1. The molecule has 2 heterocycles. The Bertz CT molecular complexity index is 817. The van der Waals surface area contributed by atoms with E-state index in [1.165, 1.54) is 12.1 Å². The third-order valence-electron chi connectivity index (χ3n) is 4.86. The Morgan fingerprint density at radius 2 is 2.19 bits per heavy atom. The summed E-state index contributed by atoms with van der Waals surface area (Å²) in [6.07, 6.45) is 1.92. The topological polar surface area (TPSA) is 67.1 Å². The minimum Gasteiger partial charge on any atom is -0.357 e. The summed E-state index contributed by atoms with van der Waals surface area (Å²) < 4.78 is 29.3. The number of aliphatic imine (C=N–C) groups is 1. The van der Waals surface area contributed by atoms with Crippen molar-refractivity contribution < 1.29 is 8.78 Å². The first-order chi connectivity index (χ1) is 13.0. The quantitative estimate of drug-likeness (QED) is 0.622. The Labute approximate surface area is 158 Å². The van der Waals surface area contributed by atoms with Gasteiger partial charge in [-0.1, -0.05) is 6.07 Å². The van der Waals surface area contributed by atoms with Crippen molar-refractivity contribution in [1.82, 2.24) is 25.4 Å². The highest BCUT2D eigenvalue weighted by molar-refractivity contribution is 5.80. The molecule has 0 radical (unpaired) electrons. The minimum atomic E-state index is -0.579. The van der Waals surface area contributed by atoms with Crippen LogP contribution in [-0.2, 0) is 13.0 Å². The lowest BCUT2D eigenvalue weighted by Crippen LogP contribution is -2.39. The minimum absolute atomic E-state index is 0.332. The average molecular weight is 376 g/mol. The van der Waals surface area contributed by atoms with Gasteiger partial charge in [-0.15, -0.1) is 10.2 Å². The van der Waals surface area contributed by atoms with Crippen molar-refractivity contribution in [2.75, 3.05) is 13.1 Å². The molecule has 1 aliphatic rings. The number of nitrogens with zero attached hydrogens (tertiary/aromatic N) is 4. The van der Waals surface area contributed by atoms with Gasteiger partial charge in [-0.3, -0.25) is 4.99 Å². The van der Waals surface area contributed by atoms with Crippen LogP contribution in [0.5, 0.6) is 0 Å². The molecule has 146 valence electrons. The fourth-order valence-corrected chi connectivity index (χ4v) is 3.35. The predicted octanol–water partition coefficient (Wildman–Crippen LogP) is 2.74. The Morgan fingerprint density at radius 1 is 1.37 bits per heavy atom. The monoisotopic (exact) mass is 376 g/mol. The first kappa shape index (κ1) is 19.3. The van der Waals surface area contributed by atoms with Crippen molar-refractivity contribution in [3.8, 4) is 0 Å². The first-order valence-corrected chi connectivity index (χ1v) is 9.36. The lowest BCUT2D eigenvalue weighted by Gasteiger charge is -2.23. The highest BCUT2D eigenvalue weighted by atomic mass is 19.1. The van der Waals surface area contributed by atoms with Crippen LogP contribution in [0.1, 0.15) is 43.5 Å². The number of nitrogens with one attached hydrogen (secondary N) is 2. The molecule has 1 aromatic carbocycles. The first-order valence-electron chi connectivity index (χ1n) is 9.36. The molecule has 0 aliphatic carbocycles. The number of fused-ring (bicyclic) bond motifs is 1. The van der Waals surface area contributed by atoms with Crippen molar-refractivity contribution in [3.63, 3.8) is 0 Å². The largest absolute Gasteiger partial charge is 0.357 e. The van der Waals surface area contributed by atoms with Crippen molar-refractivity contribution in [3.05, 3.63) is 47.0 Å². The van der Waals surface area contributed by atoms with E-state index >= 15 is 0 Å². The molecule has 8 heteroatoms. The summed E-state index contributed by atoms with van der Waals surface area (Å²) in [7, 11) is 0. The van der Waals surface area contributed by atoms with Gasteiger partial charge in [-0.25, -0.2) is 8.78 Å². The Morgan fingerprint density at radius 3 is 2.93 bits per heavy atom. The molecule has 27 heavy (non-hydrogen) atoms. The molecule has 1 aromatic heterocycles. The summed E-state index contributed by atoms with van der Waals surface area (Å²) in [5.41, 5.74) is 0.407. The molecule has 1 aliphatic heterocycles. The van der Waals surface area contributed by atoms with Crippen LogP contribution in [0.2, 0.25) is 0 Å². The number of aryl methyl sites for hydroxylation is 2. The van der Waals surface area contributed by atoms with E-state index in [-0.39, 0.29) is 6.04 Å². The van der Waals surface area contributed by atoms with Crippen molar-refractivity contribution >= 4 is 5.96 Å². The zero-order chi connectivity index (χ0) is 19.4. The molecule has 2 unspecified atom stereocenters. The van der Waals surface area contributed by atoms with Crippen molar-refractivity contribution in [1.29, 1.82) is 0 Å². The molecule has 2 atom stereocenters. The highest BCUT2D eigenvalue weighted by Gasteiger charge is 2.21. The van der Waals surface area contributed by atoms with Crippen molar-refractivity contribution in [2.24, 2.45) is 10.9 Å². The van der Waals surface area contributed by atoms with Gasteiger partial charge >= 0.3 is 0 Å². The third kappa shape index (κ3) is 4.61. The van der Waals surface area contributed by atoms with Gasteiger partial charge in [0.15, 0.2) is 5.96 Å². The van der Waals surface area contributed by atoms with E-state index < -0.39 is 11.6 Å². The fraction of sp³-hybridized carbons (Fsp3) is 0.526. The lowest BCUT2D eigenvalue weighted by molar-refractivity contribution is 0.369. The van der Waals surface area contributed by atoms with Gasteiger partial charge in [0.25, 0.3) is 0 Å². The van der Waals surface area contributed by atoms with Crippen molar-refractivity contribution in [2.45, 2.75) is 46.2 Å². The Hall–Kier alpha value is -2.51. The van der Waals surface area contributed by atoms with Gasteiger partial charge in [-0.05, 0) is 39.2 Å². The molecule has 0 spiro atoms. The number of halogens is 2. The van der Waals surface area contributed by atoms with Crippen LogP contribution in [0.25, 0.3) is 0 Å². The smallest absolute Gasteiger partial charge is 0.191 e. The van der Waals surface area contributed by atoms with Crippen LogP contribution in [0.3, 0.4) is 0 Å². The third-order valence-corrected chi connectivity index (χ3v) is 4.86. The molecule has 2 aromatic rings. The second-order valence-corrected chi connectivity index (χ2v) is 6.93. The molecule has 2 N–H and O–H groups in total. The number of hydrogen-bond acceptors (Lipinski definition) is 3. The van der Waals surface area contributed by atoms with Crippen LogP contribution < -0.4 is 10.6 Å². The molecule has 3 rings (SSSR count). The summed E-state index contributed by atoms with van der Waals surface area (Å²) >= 11 is 0. The highest BCUT2D eigenvalue weighted by Crippen LogP contribution is 2.20. The standard InChI is InChI=1S/C19H26F2N6/c1-4-22-19(24-12(2)16-7-6-15(20)9-17(16)21)23-10-14-5-8-18-26-25-13(3)27(18)11-14/h6-7,9,12,14H,4-5,8,10-11H2,1-3H3,(H2,22,23,24). The van der Waals surface area contributed by atoms with Crippen LogP contribution in [0, 0.1) is 24.5 Å². The molecule has 6 nitrogen and oxygen atoms in total. The summed E-state index contributed by atoms with van der Waals surface area (Å²) in [6.45, 7) is 7.99. The van der Waals surface area contributed by atoms with E-state index in [1.807, 2.05) is 20.8 Å². The number of aromatic nitrogens is 3. The maximum absolute atomic E-state index is 14.0. The van der Waals surface area contributed by atoms with E-state index in [4.69, 9.17) is 0 Å². The molecule has 0 saturated carbocycles. The zero-order valence-corrected chi connectivity index (χ0v) is 16.0. The van der Waals surface area contributed by atoms with E-state index in [9.17, 15) is 8.78 Å². The molecular formula is C19H26F2N6. The molecule has 0 amide bonds. The summed E-state index contributed by atoms with van der Waals surface area (Å²) in [5.74, 6) is 1.86. The Kier molecular flexibility index (Phi) is 6.03. The summed E-state index contributed by atoms with van der Waals surface area (Å²) in [4.78, 5) is 4.68. The van der Waals surface area contributed by atoms with Gasteiger partial charge in [0.1, 0.15) is 23.3 Å². The lowest BCUT2D eigenvalue weighted by atomic mass is 9.99. The SMILES string of the molecule is CCNC(=NCC1CCc2nnc(C)n2C1)NC(C)c1ccc(F)cc1F. The zero-order valence-electron chi connectivity index (χ0n) is 16.0. The van der Waals surface area contributed by atoms with Crippen LogP contribution in [-0.4, -0.2) is 33.8 Å². The van der Waals surface area contributed by atoms with E-state index in [0.717, 1.165) is 37.1 Å². The second kappa shape index (κ2) is 8.45. The van der Waals surface area contributed by atoms with Gasteiger partial charge in [0.05, 0.1) is 6.04 Å².